The van der Waals surface area contributed by atoms with E-state index in [0.717, 1.165) is 0 Å². The molecule has 3 rings (SSSR count). The molecule has 1 saturated heterocycles. The first-order valence-corrected chi connectivity index (χ1v) is 8.46. The summed E-state index contributed by atoms with van der Waals surface area (Å²) in [6.45, 7) is 2.44. The number of piperidine rings is 1. The Morgan fingerprint density at radius 1 is 1.35 bits per heavy atom. The van der Waals surface area contributed by atoms with Crippen LogP contribution in [0.5, 0.6) is 0 Å². The lowest BCUT2D eigenvalue weighted by atomic mass is 9.96. The van der Waals surface area contributed by atoms with Crippen molar-refractivity contribution in [2.45, 2.75) is 32.2 Å². The number of aryl methyl sites for hydroxylation is 1. The summed E-state index contributed by atoms with van der Waals surface area (Å²) in [6, 6.07) is 5.38. The van der Waals surface area contributed by atoms with E-state index in [-0.39, 0.29) is 18.1 Å². The standard InChI is InChI=1S/C17H20FN5O3/c1-11-19-20-21-23(11)15(10-12-3-2-4-14(18)9-12)16(24)22-7-5-13(6-8-22)17(25)26/h2-4,9,13,15H,5-8,10H2,1H3,(H,25,26). The predicted octanol–water partition coefficient (Wildman–Crippen LogP) is 1.23. The number of halogens is 1. The van der Waals surface area contributed by atoms with Gasteiger partial charge in [0, 0.05) is 19.5 Å². The van der Waals surface area contributed by atoms with Crippen molar-refractivity contribution >= 4 is 11.9 Å². The number of aliphatic carboxylic acids is 1. The lowest BCUT2D eigenvalue weighted by Crippen LogP contribution is -2.44. The third kappa shape index (κ3) is 3.87. The quantitative estimate of drug-likeness (QED) is 0.859. The van der Waals surface area contributed by atoms with Gasteiger partial charge in [0.1, 0.15) is 17.7 Å². The zero-order valence-electron chi connectivity index (χ0n) is 14.4. The molecule has 1 atom stereocenters. The van der Waals surface area contributed by atoms with Gasteiger partial charge in [-0.3, -0.25) is 9.59 Å². The summed E-state index contributed by atoms with van der Waals surface area (Å²) in [7, 11) is 0. The molecular weight excluding hydrogens is 341 g/mol. The fourth-order valence-corrected chi connectivity index (χ4v) is 3.25. The molecule has 2 aromatic rings. The van der Waals surface area contributed by atoms with Crippen LogP contribution >= 0.6 is 0 Å². The first kappa shape index (κ1) is 18.0. The Kier molecular flexibility index (Phi) is 5.24. The molecule has 1 fully saturated rings. The highest BCUT2D eigenvalue weighted by atomic mass is 19.1. The van der Waals surface area contributed by atoms with Crippen LogP contribution in [0.15, 0.2) is 24.3 Å². The first-order valence-electron chi connectivity index (χ1n) is 8.46. The molecule has 2 heterocycles. The molecule has 0 spiro atoms. The van der Waals surface area contributed by atoms with Crippen molar-refractivity contribution in [1.29, 1.82) is 0 Å². The maximum atomic E-state index is 13.5. The van der Waals surface area contributed by atoms with Gasteiger partial charge in [-0.2, -0.15) is 0 Å². The normalized spacial score (nSPS) is 16.5. The van der Waals surface area contributed by atoms with E-state index >= 15 is 0 Å². The Labute approximate surface area is 149 Å². The molecule has 0 bridgehead atoms. The number of hydrogen-bond donors (Lipinski definition) is 1. The number of aromatic nitrogens is 4. The molecule has 8 nitrogen and oxygen atoms in total. The van der Waals surface area contributed by atoms with Crippen LogP contribution in [-0.4, -0.2) is 55.2 Å². The molecular formula is C17H20FN5O3. The SMILES string of the molecule is Cc1nnnn1C(Cc1cccc(F)c1)C(=O)N1CCC(C(=O)O)CC1. The van der Waals surface area contributed by atoms with Gasteiger partial charge in [0.05, 0.1) is 5.92 Å². The van der Waals surface area contributed by atoms with Crippen molar-refractivity contribution in [2.75, 3.05) is 13.1 Å². The fourth-order valence-electron chi connectivity index (χ4n) is 3.25. The van der Waals surface area contributed by atoms with Gasteiger partial charge in [-0.1, -0.05) is 12.1 Å². The molecule has 0 aliphatic carbocycles. The van der Waals surface area contributed by atoms with E-state index in [2.05, 4.69) is 15.5 Å². The average molecular weight is 361 g/mol. The van der Waals surface area contributed by atoms with Crippen molar-refractivity contribution < 1.29 is 19.1 Å². The smallest absolute Gasteiger partial charge is 0.306 e. The van der Waals surface area contributed by atoms with Gasteiger partial charge in [0.2, 0.25) is 5.91 Å². The third-order valence-corrected chi connectivity index (χ3v) is 4.71. The summed E-state index contributed by atoms with van der Waals surface area (Å²) in [6.07, 6.45) is 1.09. The second kappa shape index (κ2) is 7.59. The van der Waals surface area contributed by atoms with Gasteiger partial charge in [-0.05, 0) is 47.9 Å². The van der Waals surface area contributed by atoms with E-state index in [1.54, 1.807) is 24.0 Å². The number of rotatable bonds is 5. The van der Waals surface area contributed by atoms with Crippen LogP contribution in [0.1, 0.15) is 30.3 Å². The Balaban J connectivity index is 1.81. The highest BCUT2D eigenvalue weighted by molar-refractivity contribution is 5.81. The van der Waals surface area contributed by atoms with Gasteiger partial charge in [0.25, 0.3) is 0 Å². The van der Waals surface area contributed by atoms with E-state index in [9.17, 15) is 14.0 Å². The molecule has 26 heavy (non-hydrogen) atoms. The summed E-state index contributed by atoms with van der Waals surface area (Å²) in [5.74, 6) is -1.32. The van der Waals surface area contributed by atoms with Crippen LogP contribution < -0.4 is 0 Å². The van der Waals surface area contributed by atoms with Crippen LogP contribution in [0.2, 0.25) is 0 Å². The summed E-state index contributed by atoms with van der Waals surface area (Å²) >= 11 is 0. The van der Waals surface area contributed by atoms with Crippen LogP contribution in [0.25, 0.3) is 0 Å². The number of benzene rings is 1. The average Bonchev–Trinajstić information content (AvgIpc) is 3.05. The van der Waals surface area contributed by atoms with Gasteiger partial charge >= 0.3 is 5.97 Å². The highest BCUT2D eigenvalue weighted by Crippen LogP contribution is 2.23. The number of hydrogen-bond acceptors (Lipinski definition) is 5. The van der Waals surface area contributed by atoms with Crippen LogP contribution in [0.4, 0.5) is 4.39 Å². The van der Waals surface area contributed by atoms with E-state index < -0.39 is 17.9 Å². The second-order valence-corrected chi connectivity index (χ2v) is 6.46. The fraction of sp³-hybridized carbons (Fsp3) is 0.471. The van der Waals surface area contributed by atoms with E-state index in [4.69, 9.17) is 5.11 Å². The van der Waals surface area contributed by atoms with Crippen molar-refractivity contribution in [2.24, 2.45) is 5.92 Å². The third-order valence-electron chi connectivity index (χ3n) is 4.71. The minimum absolute atomic E-state index is 0.187. The second-order valence-electron chi connectivity index (χ2n) is 6.46. The van der Waals surface area contributed by atoms with Gasteiger partial charge in [-0.25, -0.2) is 9.07 Å². The Morgan fingerprint density at radius 3 is 2.65 bits per heavy atom. The number of carboxylic acid groups (broad SMARTS) is 1. The van der Waals surface area contributed by atoms with Crippen molar-refractivity contribution in [3.8, 4) is 0 Å². The number of carboxylic acids is 1. The minimum atomic E-state index is -0.829. The molecule has 0 radical (unpaired) electrons. The van der Waals surface area contributed by atoms with Crippen molar-refractivity contribution in [1.82, 2.24) is 25.1 Å². The van der Waals surface area contributed by atoms with Gasteiger partial charge < -0.3 is 10.0 Å². The van der Waals surface area contributed by atoms with Gasteiger partial charge in [-0.15, -0.1) is 5.10 Å². The largest absolute Gasteiger partial charge is 0.481 e. The van der Waals surface area contributed by atoms with E-state index in [1.807, 2.05) is 0 Å². The molecule has 0 saturated carbocycles. The monoisotopic (exact) mass is 361 g/mol. The number of amides is 1. The van der Waals surface area contributed by atoms with E-state index in [0.29, 0.717) is 37.3 Å². The number of carbonyl (C=O) groups is 2. The maximum absolute atomic E-state index is 13.5. The summed E-state index contributed by atoms with van der Waals surface area (Å²) in [5.41, 5.74) is 0.665. The lowest BCUT2D eigenvalue weighted by molar-refractivity contribution is -0.146. The zero-order valence-corrected chi connectivity index (χ0v) is 14.4. The highest BCUT2D eigenvalue weighted by Gasteiger charge is 2.33. The number of carbonyl (C=O) groups excluding carboxylic acids is 1. The topological polar surface area (TPSA) is 101 Å². The molecule has 1 unspecified atom stereocenters. The zero-order chi connectivity index (χ0) is 18.7. The molecule has 1 aliphatic rings. The number of tetrazole rings is 1. The van der Waals surface area contributed by atoms with Gasteiger partial charge in [0.15, 0.2) is 0 Å². The number of likely N-dealkylation sites (tertiary alicyclic amines) is 1. The van der Waals surface area contributed by atoms with Crippen LogP contribution in [-0.2, 0) is 16.0 Å². The molecule has 1 N–H and O–H groups in total. The number of nitrogens with zero attached hydrogens (tertiary/aromatic N) is 5. The molecule has 1 amide bonds. The summed E-state index contributed by atoms with van der Waals surface area (Å²) in [4.78, 5) is 25.8. The minimum Gasteiger partial charge on any atom is -0.481 e. The molecule has 1 aromatic carbocycles. The predicted molar refractivity (Wildman–Crippen MR) is 88.6 cm³/mol. The lowest BCUT2D eigenvalue weighted by Gasteiger charge is -2.33. The Bertz CT molecular complexity index is 801. The molecule has 1 aromatic heterocycles. The Morgan fingerprint density at radius 2 is 2.08 bits per heavy atom. The van der Waals surface area contributed by atoms with E-state index in [1.165, 1.54) is 16.8 Å². The first-order chi connectivity index (χ1) is 12.5. The maximum Gasteiger partial charge on any atom is 0.306 e. The van der Waals surface area contributed by atoms with Crippen molar-refractivity contribution in [3.05, 3.63) is 41.5 Å². The van der Waals surface area contributed by atoms with Crippen LogP contribution in [0, 0.1) is 18.7 Å². The van der Waals surface area contributed by atoms with Crippen LogP contribution in [0.3, 0.4) is 0 Å². The molecule has 138 valence electrons. The molecule has 1 aliphatic heterocycles. The molecule has 9 heteroatoms. The summed E-state index contributed by atoms with van der Waals surface area (Å²) < 4.78 is 15.0. The Hall–Kier alpha value is -2.84. The van der Waals surface area contributed by atoms with Crippen molar-refractivity contribution in [3.63, 3.8) is 0 Å². The summed E-state index contributed by atoms with van der Waals surface area (Å²) in [5, 5.41) is 20.5.